The molecule has 0 aliphatic carbocycles. The van der Waals surface area contributed by atoms with E-state index in [-0.39, 0.29) is 32.2 Å². The van der Waals surface area contributed by atoms with Crippen LogP contribution in [0.15, 0.2) is 122 Å². The van der Waals surface area contributed by atoms with Crippen molar-refractivity contribution in [3.63, 3.8) is 0 Å². The third-order valence-electron chi connectivity index (χ3n) is 14.2. The molecule has 0 saturated heterocycles. The second kappa shape index (κ2) is 63.7. The van der Waals surface area contributed by atoms with E-state index in [4.69, 9.17) is 18.9 Å². The van der Waals surface area contributed by atoms with Gasteiger partial charge in [0.25, 0.3) is 6.29 Å². The number of likely N-dealkylation sites (N-methyl/N-ethyl adjacent to an activating group) is 1. The van der Waals surface area contributed by atoms with Crippen LogP contribution in [-0.2, 0) is 33.3 Å². The molecule has 0 spiro atoms. The van der Waals surface area contributed by atoms with Crippen molar-refractivity contribution in [1.29, 1.82) is 0 Å². The van der Waals surface area contributed by atoms with Gasteiger partial charge in [0, 0.05) is 12.8 Å². The molecule has 0 bridgehead atoms. The number of quaternary nitrogens is 1. The standard InChI is InChI=1S/C74H125NO8/c1-6-8-10-12-14-16-18-20-22-24-26-28-29-30-31-32-33-34-35-36-37-38-39-40-41-42-43-45-47-49-51-53-55-57-59-61-63-65-72(77)83-70(69-82-74(73(78)79)80-67-66-75(3,4)5)68-81-71(76)64-62-60-58-56-54-52-50-48-46-44-27-25-23-21-19-17-15-13-11-9-7-2/h8,10,14,16,20,22,25-28,30-31,33-34,36-37,39-40,42-43,70,74H,6-7,9,11-13,15,17-19,21,23-24,29,32,35,38,41,44-69H2,1-5H3/p+1/b10-8-,16-14-,22-20-,27-25-,28-26-,31-30-,34-33-,37-36-,40-39-,43-42-. The van der Waals surface area contributed by atoms with Gasteiger partial charge in [-0.15, -0.1) is 0 Å². The van der Waals surface area contributed by atoms with Crippen molar-refractivity contribution in [2.24, 2.45) is 0 Å². The summed E-state index contributed by atoms with van der Waals surface area (Å²) in [6.45, 7) is 4.76. The maximum absolute atomic E-state index is 12.9. The Balaban J connectivity index is 4.19. The average Bonchev–Trinajstić information content (AvgIpc) is 3.46. The maximum Gasteiger partial charge on any atom is 0.361 e. The molecule has 0 saturated carbocycles. The zero-order valence-corrected chi connectivity index (χ0v) is 54.1. The molecule has 2 unspecified atom stereocenters. The van der Waals surface area contributed by atoms with Gasteiger partial charge in [-0.05, 0) is 109 Å². The Morgan fingerprint density at radius 3 is 1.04 bits per heavy atom. The Morgan fingerprint density at radius 2 is 0.687 bits per heavy atom. The van der Waals surface area contributed by atoms with Crippen molar-refractivity contribution >= 4 is 17.9 Å². The van der Waals surface area contributed by atoms with E-state index in [1.807, 2.05) is 21.1 Å². The molecule has 83 heavy (non-hydrogen) atoms. The minimum Gasteiger partial charge on any atom is -0.477 e. The number of hydrogen-bond donors (Lipinski definition) is 1. The van der Waals surface area contributed by atoms with Crippen molar-refractivity contribution in [2.75, 3.05) is 47.5 Å². The normalized spacial score (nSPS) is 13.5. The summed E-state index contributed by atoms with van der Waals surface area (Å²) in [5.41, 5.74) is 0. The summed E-state index contributed by atoms with van der Waals surface area (Å²) in [6, 6.07) is 0. The minimum absolute atomic E-state index is 0.181. The molecule has 474 valence electrons. The number of aliphatic carboxylic acids is 1. The van der Waals surface area contributed by atoms with Gasteiger partial charge in [0.15, 0.2) is 6.10 Å². The number of carboxylic acids is 1. The highest BCUT2D eigenvalue weighted by Gasteiger charge is 2.25. The van der Waals surface area contributed by atoms with Gasteiger partial charge in [-0.2, -0.15) is 0 Å². The highest BCUT2D eigenvalue weighted by Crippen LogP contribution is 2.16. The third kappa shape index (κ3) is 65.1. The number of hydrogen-bond acceptors (Lipinski definition) is 7. The van der Waals surface area contributed by atoms with Crippen molar-refractivity contribution in [3.05, 3.63) is 122 Å². The zero-order chi connectivity index (χ0) is 60.5. The fourth-order valence-electron chi connectivity index (χ4n) is 9.06. The van der Waals surface area contributed by atoms with Crippen LogP contribution in [0.5, 0.6) is 0 Å². The van der Waals surface area contributed by atoms with Crippen LogP contribution < -0.4 is 0 Å². The van der Waals surface area contributed by atoms with Crippen LogP contribution in [0.1, 0.15) is 271 Å². The van der Waals surface area contributed by atoms with Crippen LogP contribution in [0.4, 0.5) is 0 Å². The lowest BCUT2D eigenvalue weighted by Gasteiger charge is -2.25. The molecule has 0 aromatic heterocycles. The van der Waals surface area contributed by atoms with Gasteiger partial charge < -0.3 is 28.5 Å². The Morgan fingerprint density at radius 1 is 0.373 bits per heavy atom. The number of rotatable bonds is 61. The summed E-state index contributed by atoms with van der Waals surface area (Å²) in [7, 11) is 5.97. The van der Waals surface area contributed by atoms with Crippen LogP contribution in [0.25, 0.3) is 0 Å². The molecule has 0 heterocycles. The van der Waals surface area contributed by atoms with Crippen molar-refractivity contribution in [2.45, 2.75) is 283 Å². The fourth-order valence-corrected chi connectivity index (χ4v) is 9.06. The summed E-state index contributed by atoms with van der Waals surface area (Å²) in [5.74, 6) is -2.02. The van der Waals surface area contributed by atoms with Crippen LogP contribution in [0.3, 0.4) is 0 Å². The smallest absolute Gasteiger partial charge is 0.361 e. The molecule has 9 nitrogen and oxygen atoms in total. The molecule has 9 heteroatoms. The lowest BCUT2D eigenvalue weighted by molar-refractivity contribution is -0.870. The molecule has 0 aromatic carbocycles. The number of carbonyl (C=O) groups excluding carboxylic acids is 2. The van der Waals surface area contributed by atoms with Crippen LogP contribution in [0, 0.1) is 0 Å². The minimum atomic E-state index is -1.52. The van der Waals surface area contributed by atoms with Gasteiger partial charge in [0.05, 0.1) is 34.4 Å². The summed E-state index contributed by atoms with van der Waals surface area (Å²) < 4.78 is 22.9. The summed E-state index contributed by atoms with van der Waals surface area (Å²) in [5, 5.41) is 9.73. The SMILES string of the molecule is CC/C=C\C/C=C\C/C=C\C/C=C\C/C=C\C/C=C\C/C=C\C/C=C\C/C=C\CCCCCCCCCCCC(=O)OC(COC(=O)CCCCCCCCCCC/C=C\CCCCCCCCCC)COC(OCC[N+](C)(C)C)C(=O)O. The highest BCUT2D eigenvalue weighted by molar-refractivity contribution is 5.71. The molecule has 1 N–H and O–H groups in total. The Labute approximate surface area is 510 Å². The molecule has 0 aromatic rings. The van der Waals surface area contributed by atoms with E-state index in [0.29, 0.717) is 23.9 Å². The van der Waals surface area contributed by atoms with Crippen LogP contribution >= 0.6 is 0 Å². The van der Waals surface area contributed by atoms with Crippen LogP contribution in [0.2, 0.25) is 0 Å². The quantitative estimate of drug-likeness (QED) is 0.0211. The Bertz CT molecular complexity index is 1780. The number of carboxylic acid groups (broad SMARTS) is 1. The molecule has 0 aliphatic rings. The van der Waals surface area contributed by atoms with Gasteiger partial charge in [-0.25, -0.2) is 4.79 Å². The van der Waals surface area contributed by atoms with Gasteiger partial charge >= 0.3 is 17.9 Å². The lowest BCUT2D eigenvalue weighted by Crippen LogP contribution is -2.40. The molecule has 0 amide bonds. The Kier molecular flexibility index (Phi) is 60.4. The summed E-state index contributed by atoms with van der Waals surface area (Å²) in [6.07, 6.45) is 87.2. The van der Waals surface area contributed by atoms with E-state index >= 15 is 0 Å². The topological polar surface area (TPSA) is 108 Å². The molecule has 0 radical (unpaired) electrons. The highest BCUT2D eigenvalue weighted by atomic mass is 16.7. The van der Waals surface area contributed by atoms with E-state index in [1.165, 1.54) is 135 Å². The number of carbonyl (C=O) groups is 3. The maximum atomic E-state index is 12.9. The first-order valence-electron chi connectivity index (χ1n) is 33.7. The number of unbranched alkanes of at least 4 members (excludes halogenated alkanes) is 26. The first-order chi connectivity index (χ1) is 40.6. The molecule has 0 aliphatic heterocycles. The molecule has 2 atom stereocenters. The van der Waals surface area contributed by atoms with Gasteiger partial charge in [-0.3, -0.25) is 9.59 Å². The van der Waals surface area contributed by atoms with E-state index in [1.54, 1.807) is 0 Å². The number of allylic oxidation sites excluding steroid dienone is 20. The zero-order valence-electron chi connectivity index (χ0n) is 54.1. The largest absolute Gasteiger partial charge is 0.477 e. The first-order valence-corrected chi connectivity index (χ1v) is 33.7. The number of esters is 2. The predicted molar refractivity (Wildman–Crippen MR) is 354 cm³/mol. The number of nitrogens with zero attached hydrogens (tertiary/aromatic N) is 1. The Hall–Kier alpha value is -4.31. The average molecular weight is 1160 g/mol. The van der Waals surface area contributed by atoms with Crippen molar-refractivity contribution in [3.8, 4) is 0 Å². The van der Waals surface area contributed by atoms with Crippen LogP contribution in [-0.4, -0.2) is 87.4 Å². The van der Waals surface area contributed by atoms with E-state index in [2.05, 4.69) is 135 Å². The van der Waals surface area contributed by atoms with Gasteiger partial charge in [0.2, 0.25) is 0 Å². The van der Waals surface area contributed by atoms with Gasteiger partial charge in [0.1, 0.15) is 13.2 Å². The monoisotopic (exact) mass is 1160 g/mol. The number of ether oxygens (including phenoxy) is 4. The molecule has 0 fully saturated rings. The second-order valence-corrected chi connectivity index (χ2v) is 23.4. The molecular weight excluding hydrogens is 1030 g/mol. The van der Waals surface area contributed by atoms with Crippen molar-refractivity contribution in [1.82, 2.24) is 0 Å². The summed E-state index contributed by atoms with van der Waals surface area (Å²) >= 11 is 0. The lowest BCUT2D eigenvalue weighted by atomic mass is 10.1. The fraction of sp³-hybridized carbons (Fsp3) is 0.689. The first kappa shape index (κ1) is 78.7. The van der Waals surface area contributed by atoms with Gasteiger partial charge in [-0.1, -0.05) is 270 Å². The summed E-state index contributed by atoms with van der Waals surface area (Å²) in [4.78, 5) is 37.6. The van der Waals surface area contributed by atoms with Crippen molar-refractivity contribution < 1.29 is 42.9 Å². The molecular formula is C74H126NO8+. The van der Waals surface area contributed by atoms with E-state index in [0.717, 1.165) is 103 Å². The third-order valence-corrected chi connectivity index (χ3v) is 14.2. The van der Waals surface area contributed by atoms with E-state index in [9.17, 15) is 19.5 Å². The second-order valence-electron chi connectivity index (χ2n) is 23.4. The molecule has 0 rings (SSSR count). The predicted octanol–water partition coefficient (Wildman–Crippen LogP) is 20.8. The van der Waals surface area contributed by atoms with E-state index < -0.39 is 24.3 Å².